The monoisotopic (exact) mass is 384 g/mol. The van der Waals surface area contributed by atoms with Crippen LogP contribution in [-0.2, 0) is 12.8 Å². The van der Waals surface area contributed by atoms with Crippen LogP contribution in [0.1, 0.15) is 69.8 Å². The first-order valence-corrected chi connectivity index (χ1v) is 9.77. The molecular weight excluding hydrogens is 356 g/mol. The lowest BCUT2D eigenvalue weighted by Crippen LogP contribution is -2.04. The lowest BCUT2D eigenvalue weighted by atomic mass is 10.0. The summed E-state index contributed by atoms with van der Waals surface area (Å²) in [6.07, 6.45) is 3.63. The van der Waals surface area contributed by atoms with Crippen molar-refractivity contribution in [3.63, 3.8) is 0 Å². The number of ether oxygens (including phenoxy) is 1. The van der Waals surface area contributed by atoms with E-state index in [4.69, 9.17) is 9.15 Å². The summed E-state index contributed by atoms with van der Waals surface area (Å²) in [5.74, 6) is 3.17. The lowest BCUT2D eigenvalue weighted by molar-refractivity contribution is 0.407. The zero-order chi connectivity index (χ0) is 20.1. The lowest BCUT2D eigenvalue weighted by Gasteiger charge is -2.09. The first-order chi connectivity index (χ1) is 13.5. The molecule has 0 aliphatic rings. The van der Waals surface area contributed by atoms with E-state index in [2.05, 4.69) is 31.7 Å². The summed E-state index contributed by atoms with van der Waals surface area (Å²) in [6, 6.07) is 6.20. The summed E-state index contributed by atoms with van der Waals surface area (Å²) in [6.45, 7) is 8.15. The van der Waals surface area contributed by atoms with Gasteiger partial charge in [-0.1, -0.05) is 13.8 Å². The minimum atomic E-state index is 0.180. The van der Waals surface area contributed by atoms with Gasteiger partial charge in [0.25, 0.3) is 0 Å². The summed E-state index contributed by atoms with van der Waals surface area (Å²) in [4.78, 5) is 1.62. The number of aromatic nitrogens is 6. The molecule has 0 aliphatic carbocycles. The Bertz CT molecular complexity index is 900. The Morgan fingerprint density at radius 2 is 1.82 bits per heavy atom. The topological polar surface area (TPSA) is 91.8 Å². The van der Waals surface area contributed by atoms with E-state index in [9.17, 15) is 0 Å². The molecule has 0 atom stereocenters. The molecule has 2 heterocycles. The van der Waals surface area contributed by atoms with Gasteiger partial charge in [-0.25, -0.2) is 0 Å². The Hall–Kier alpha value is -2.77. The summed E-state index contributed by atoms with van der Waals surface area (Å²) in [5, 5.41) is 20.9. The second-order valence-electron chi connectivity index (χ2n) is 7.45. The highest BCUT2D eigenvalue weighted by molar-refractivity contribution is 5.58. The van der Waals surface area contributed by atoms with Gasteiger partial charge in [0.2, 0.25) is 17.6 Å². The molecule has 8 nitrogen and oxygen atoms in total. The molecule has 1 aromatic carbocycles. The minimum Gasteiger partial charge on any atom is -0.496 e. The minimum absolute atomic E-state index is 0.180. The van der Waals surface area contributed by atoms with Crippen LogP contribution in [0.25, 0.3) is 11.4 Å². The fraction of sp³-hybridized carbons (Fsp3) is 0.550. The zero-order valence-electron chi connectivity index (χ0n) is 17.2. The molecule has 3 aromatic rings. The van der Waals surface area contributed by atoms with Crippen molar-refractivity contribution in [3.8, 4) is 17.1 Å². The van der Waals surface area contributed by atoms with E-state index in [0.717, 1.165) is 42.6 Å². The van der Waals surface area contributed by atoms with Crippen molar-refractivity contribution in [2.75, 3.05) is 7.11 Å². The Morgan fingerprint density at radius 1 is 1.04 bits per heavy atom. The molecule has 0 spiro atoms. The van der Waals surface area contributed by atoms with E-state index >= 15 is 0 Å². The smallest absolute Gasteiger partial charge is 0.219 e. The van der Waals surface area contributed by atoms with E-state index < -0.39 is 0 Å². The van der Waals surface area contributed by atoms with Gasteiger partial charge in [0.05, 0.1) is 13.2 Å². The van der Waals surface area contributed by atoms with Crippen LogP contribution in [0.5, 0.6) is 5.75 Å². The second-order valence-corrected chi connectivity index (χ2v) is 7.45. The summed E-state index contributed by atoms with van der Waals surface area (Å²) >= 11 is 0. The SMILES string of the molecule is COc1ccc(-c2nnn(C(C)C)n2)cc1CCCCc1nnc(C(C)C)o1. The van der Waals surface area contributed by atoms with Crippen LogP contribution in [0.15, 0.2) is 22.6 Å². The standard InChI is InChI=1S/C20H28N6O2/c1-13(2)20-23-21-18(28-20)9-7-6-8-15-12-16(10-11-17(15)27-5)19-22-25-26(24-19)14(3)4/h10-14H,6-9H2,1-5H3. The number of hydrogen-bond donors (Lipinski definition) is 0. The largest absolute Gasteiger partial charge is 0.496 e. The van der Waals surface area contributed by atoms with Crippen LogP contribution in [-0.4, -0.2) is 37.5 Å². The molecule has 0 aliphatic heterocycles. The first-order valence-electron chi connectivity index (χ1n) is 9.77. The van der Waals surface area contributed by atoms with E-state index in [1.54, 1.807) is 11.9 Å². The fourth-order valence-corrected chi connectivity index (χ4v) is 2.87. The van der Waals surface area contributed by atoms with Gasteiger partial charge in [-0.05, 0) is 62.1 Å². The van der Waals surface area contributed by atoms with Gasteiger partial charge in [-0.15, -0.1) is 20.4 Å². The van der Waals surface area contributed by atoms with Crippen molar-refractivity contribution in [2.45, 2.75) is 65.3 Å². The third kappa shape index (κ3) is 4.74. The van der Waals surface area contributed by atoms with Crippen molar-refractivity contribution in [3.05, 3.63) is 35.5 Å². The van der Waals surface area contributed by atoms with Gasteiger partial charge in [0.1, 0.15) is 5.75 Å². The molecule has 0 amide bonds. The van der Waals surface area contributed by atoms with Gasteiger partial charge < -0.3 is 9.15 Å². The highest BCUT2D eigenvalue weighted by atomic mass is 16.5. The molecule has 28 heavy (non-hydrogen) atoms. The maximum absolute atomic E-state index is 5.67. The molecule has 0 N–H and O–H groups in total. The van der Waals surface area contributed by atoms with Gasteiger partial charge in [-0.2, -0.15) is 4.80 Å². The van der Waals surface area contributed by atoms with Crippen LogP contribution in [0.2, 0.25) is 0 Å². The molecule has 0 fully saturated rings. The van der Waals surface area contributed by atoms with Gasteiger partial charge in [0, 0.05) is 17.9 Å². The predicted octanol–water partition coefficient (Wildman–Crippen LogP) is 4.00. The van der Waals surface area contributed by atoms with Crippen molar-refractivity contribution in [1.29, 1.82) is 0 Å². The normalized spacial score (nSPS) is 11.5. The number of benzene rings is 1. The average Bonchev–Trinajstić information content (AvgIpc) is 3.35. The third-order valence-corrected chi connectivity index (χ3v) is 4.49. The summed E-state index contributed by atoms with van der Waals surface area (Å²) in [5.41, 5.74) is 2.08. The number of nitrogens with zero attached hydrogens (tertiary/aromatic N) is 6. The molecule has 0 bridgehead atoms. The number of tetrazole rings is 1. The van der Waals surface area contributed by atoms with Crippen molar-refractivity contribution < 1.29 is 9.15 Å². The molecule has 0 unspecified atom stereocenters. The van der Waals surface area contributed by atoms with E-state index in [1.807, 2.05) is 39.8 Å². The van der Waals surface area contributed by atoms with E-state index in [-0.39, 0.29) is 12.0 Å². The van der Waals surface area contributed by atoms with Gasteiger partial charge >= 0.3 is 0 Å². The number of rotatable bonds is 9. The Morgan fingerprint density at radius 3 is 2.46 bits per heavy atom. The van der Waals surface area contributed by atoms with Crippen LogP contribution >= 0.6 is 0 Å². The molecular formula is C20H28N6O2. The maximum Gasteiger partial charge on any atom is 0.219 e. The van der Waals surface area contributed by atoms with Crippen LogP contribution < -0.4 is 4.74 Å². The molecule has 150 valence electrons. The first kappa shape index (κ1) is 20.0. The molecule has 0 saturated carbocycles. The fourth-order valence-electron chi connectivity index (χ4n) is 2.87. The number of unbranched alkanes of at least 4 members (excludes halogenated alkanes) is 1. The number of methoxy groups -OCH3 is 1. The van der Waals surface area contributed by atoms with Gasteiger partial charge in [0.15, 0.2) is 0 Å². The van der Waals surface area contributed by atoms with Crippen LogP contribution in [0.4, 0.5) is 0 Å². The zero-order valence-corrected chi connectivity index (χ0v) is 17.2. The van der Waals surface area contributed by atoms with Crippen LogP contribution in [0.3, 0.4) is 0 Å². The summed E-state index contributed by atoms with van der Waals surface area (Å²) < 4.78 is 11.2. The Labute approximate surface area is 165 Å². The van der Waals surface area contributed by atoms with E-state index in [0.29, 0.717) is 17.6 Å². The molecule has 0 saturated heterocycles. The number of hydrogen-bond acceptors (Lipinski definition) is 7. The van der Waals surface area contributed by atoms with Crippen LogP contribution in [0, 0.1) is 0 Å². The average molecular weight is 384 g/mol. The van der Waals surface area contributed by atoms with Gasteiger partial charge in [-0.3, -0.25) is 0 Å². The molecule has 2 aromatic heterocycles. The Kier molecular flexibility index (Phi) is 6.38. The number of aryl methyl sites for hydroxylation is 2. The van der Waals surface area contributed by atoms with Crippen molar-refractivity contribution in [2.24, 2.45) is 0 Å². The molecule has 3 rings (SSSR count). The Balaban J connectivity index is 1.63. The maximum atomic E-state index is 5.67. The van der Waals surface area contributed by atoms with Crippen molar-refractivity contribution in [1.82, 2.24) is 30.4 Å². The second kappa shape index (κ2) is 8.95. The molecule has 0 radical (unpaired) electrons. The quantitative estimate of drug-likeness (QED) is 0.515. The molecule has 8 heteroatoms. The highest BCUT2D eigenvalue weighted by Gasteiger charge is 2.12. The van der Waals surface area contributed by atoms with Crippen molar-refractivity contribution >= 4 is 0 Å². The third-order valence-electron chi connectivity index (χ3n) is 4.49. The highest BCUT2D eigenvalue weighted by Crippen LogP contribution is 2.26. The summed E-state index contributed by atoms with van der Waals surface area (Å²) in [7, 11) is 1.69. The van der Waals surface area contributed by atoms with E-state index in [1.165, 1.54) is 0 Å². The predicted molar refractivity (Wildman–Crippen MR) is 105 cm³/mol.